The maximum Gasteiger partial charge on any atom is 0.249 e. The molecule has 98 valence electrons. The minimum absolute atomic E-state index is 0.0746. The van der Waals surface area contributed by atoms with Gasteiger partial charge in [-0.3, -0.25) is 14.9 Å². The number of carbonyl (C=O) groups excluding carboxylic acids is 2. The van der Waals surface area contributed by atoms with E-state index >= 15 is 0 Å². The Morgan fingerprint density at radius 3 is 3.05 bits per heavy atom. The normalized spacial score (nSPS) is 19.9. The zero-order valence-corrected chi connectivity index (χ0v) is 11.5. The third-order valence-electron chi connectivity index (χ3n) is 2.97. The van der Waals surface area contributed by atoms with Crippen LogP contribution in [0.25, 0.3) is 10.2 Å². The lowest BCUT2D eigenvalue weighted by Gasteiger charge is -2.32. The molecule has 19 heavy (non-hydrogen) atoms. The van der Waals surface area contributed by atoms with Crippen LogP contribution in [-0.2, 0) is 9.59 Å². The number of aromatic nitrogens is 2. The van der Waals surface area contributed by atoms with Gasteiger partial charge in [0, 0.05) is 0 Å². The van der Waals surface area contributed by atoms with Crippen molar-refractivity contribution >= 4 is 50.8 Å². The summed E-state index contributed by atoms with van der Waals surface area (Å²) in [5.41, 5.74) is 0. The van der Waals surface area contributed by atoms with Crippen molar-refractivity contribution in [1.82, 2.24) is 15.3 Å². The zero-order valence-electron chi connectivity index (χ0n) is 9.88. The van der Waals surface area contributed by atoms with Gasteiger partial charge in [-0.2, -0.15) is 4.98 Å². The molecule has 0 saturated carbocycles. The topological polar surface area (TPSA) is 75.2 Å². The van der Waals surface area contributed by atoms with E-state index in [2.05, 4.69) is 15.3 Å². The molecule has 0 spiro atoms. The van der Waals surface area contributed by atoms with Gasteiger partial charge in [-0.05, 0) is 30.0 Å². The van der Waals surface area contributed by atoms with Crippen LogP contribution in [0.15, 0.2) is 11.4 Å². The Bertz CT molecular complexity index is 686. The molecule has 1 atom stereocenters. The predicted molar refractivity (Wildman–Crippen MR) is 72.4 cm³/mol. The van der Waals surface area contributed by atoms with Crippen molar-refractivity contribution in [3.8, 4) is 0 Å². The van der Waals surface area contributed by atoms with E-state index < -0.39 is 6.04 Å². The van der Waals surface area contributed by atoms with Crippen LogP contribution in [0.5, 0.6) is 0 Å². The Kier molecular flexibility index (Phi) is 2.87. The number of hydrogen-bond acceptors (Lipinski definition) is 6. The van der Waals surface area contributed by atoms with Crippen LogP contribution in [0.1, 0.15) is 6.92 Å². The summed E-state index contributed by atoms with van der Waals surface area (Å²) < 4.78 is 0. The number of nitrogens with zero attached hydrogens (tertiary/aromatic N) is 3. The standard InChI is InChI=1S/C11H9ClN4O2S/c1-5-9(18)13-7(17)4-16(5)8-6-2-3-19-10(6)15-11(12)14-8/h2-3,5H,4H2,1H3,(H,13,17,18). The van der Waals surface area contributed by atoms with E-state index in [9.17, 15) is 9.59 Å². The highest BCUT2D eigenvalue weighted by atomic mass is 35.5. The van der Waals surface area contributed by atoms with Gasteiger partial charge in [0.2, 0.25) is 17.1 Å². The first-order chi connectivity index (χ1) is 9.06. The first kappa shape index (κ1) is 12.3. The highest BCUT2D eigenvalue weighted by Gasteiger charge is 2.32. The van der Waals surface area contributed by atoms with E-state index in [-0.39, 0.29) is 23.6 Å². The van der Waals surface area contributed by atoms with E-state index in [1.807, 2.05) is 11.4 Å². The average molecular weight is 297 g/mol. The number of carbonyl (C=O) groups is 2. The van der Waals surface area contributed by atoms with Crippen LogP contribution in [0.4, 0.5) is 5.82 Å². The molecule has 1 N–H and O–H groups in total. The van der Waals surface area contributed by atoms with E-state index in [0.717, 1.165) is 10.2 Å². The fourth-order valence-corrected chi connectivity index (χ4v) is 2.98. The number of imide groups is 1. The summed E-state index contributed by atoms with van der Waals surface area (Å²) in [6.07, 6.45) is 0. The largest absolute Gasteiger partial charge is 0.335 e. The summed E-state index contributed by atoms with van der Waals surface area (Å²) in [6, 6.07) is 1.38. The molecular formula is C11H9ClN4O2S. The lowest BCUT2D eigenvalue weighted by Crippen LogP contribution is -2.57. The molecule has 6 nitrogen and oxygen atoms in total. The number of fused-ring (bicyclic) bond motifs is 1. The van der Waals surface area contributed by atoms with Crippen LogP contribution >= 0.6 is 22.9 Å². The van der Waals surface area contributed by atoms with Crippen LogP contribution < -0.4 is 10.2 Å². The molecule has 3 heterocycles. The molecule has 2 aromatic rings. The lowest BCUT2D eigenvalue weighted by molar-refractivity contribution is -0.132. The molecule has 2 amide bonds. The summed E-state index contributed by atoms with van der Waals surface area (Å²) in [5.74, 6) is -0.164. The monoisotopic (exact) mass is 296 g/mol. The summed E-state index contributed by atoms with van der Waals surface area (Å²) in [4.78, 5) is 33.9. The number of thiophene rings is 1. The predicted octanol–water partition coefficient (Wildman–Crippen LogP) is 1.20. The van der Waals surface area contributed by atoms with E-state index in [1.54, 1.807) is 11.8 Å². The first-order valence-corrected chi connectivity index (χ1v) is 6.83. The van der Waals surface area contributed by atoms with Gasteiger partial charge in [-0.1, -0.05) is 0 Å². The maximum absolute atomic E-state index is 11.7. The molecule has 1 fully saturated rings. The summed E-state index contributed by atoms with van der Waals surface area (Å²) in [6.45, 7) is 1.79. The van der Waals surface area contributed by atoms with E-state index in [1.165, 1.54) is 11.3 Å². The number of halogens is 1. The molecule has 3 rings (SSSR count). The fourth-order valence-electron chi connectivity index (χ4n) is 2.01. The van der Waals surface area contributed by atoms with Crippen molar-refractivity contribution in [2.75, 3.05) is 11.4 Å². The number of amides is 2. The van der Waals surface area contributed by atoms with Gasteiger partial charge in [0.1, 0.15) is 16.7 Å². The summed E-state index contributed by atoms with van der Waals surface area (Å²) >= 11 is 7.33. The van der Waals surface area contributed by atoms with E-state index in [4.69, 9.17) is 11.6 Å². The van der Waals surface area contributed by atoms with Crippen LogP contribution in [0, 0.1) is 0 Å². The van der Waals surface area contributed by atoms with Crippen molar-refractivity contribution < 1.29 is 9.59 Å². The van der Waals surface area contributed by atoms with Crippen LogP contribution in [0.3, 0.4) is 0 Å². The second kappa shape index (κ2) is 4.43. The molecule has 0 aliphatic carbocycles. The van der Waals surface area contributed by atoms with Gasteiger partial charge < -0.3 is 4.90 Å². The minimum atomic E-state index is -0.480. The van der Waals surface area contributed by atoms with Crippen molar-refractivity contribution in [2.24, 2.45) is 0 Å². The second-order valence-corrected chi connectivity index (χ2v) is 5.40. The Balaban J connectivity index is 2.14. The van der Waals surface area contributed by atoms with Gasteiger partial charge in [-0.15, -0.1) is 11.3 Å². The molecule has 2 aromatic heterocycles. The van der Waals surface area contributed by atoms with Crippen molar-refractivity contribution in [3.63, 3.8) is 0 Å². The minimum Gasteiger partial charge on any atom is -0.335 e. The molecule has 0 radical (unpaired) electrons. The van der Waals surface area contributed by atoms with Gasteiger partial charge in [0.15, 0.2) is 0 Å². The van der Waals surface area contributed by atoms with Gasteiger partial charge in [0.25, 0.3) is 0 Å². The van der Waals surface area contributed by atoms with Crippen LogP contribution in [0.2, 0.25) is 5.28 Å². The van der Waals surface area contributed by atoms with Gasteiger partial charge in [-0.25, -0.2) is 4.98 Å². The third-order valence-corrected chi connectivity index (χ3v) is 3.95. The third kappa shape index (κ3) is 2.04. The number of rotatable bonds is 1. The summed E-state index contributed by atoms with van der Waals surface area (Å²) in [5, 5.41) is 5.06. The molecule has 8 heteroatoms. The molecule has 1 aliphatic heterocycles. The maximum atomic E-state index is 11.7. The Hall–Kier alpha value is -1.73. The highest BCUT2D eigenvalue weighted by molar-refractivity contribution is 7.16. The Labute approximate surface area is 117 Å². The molecule has 0 bridgehead atoms. The lowest BCUT2D eigenvalue weighted by atomic mass is 10.2. The van der Waals surface area contributed by atoms with Crippen molar-refractivity contribution in [1.29, 1.82) is 0 Å². The number of nitrogens with one attached hydrogen (secondary N) is 1. The number of piperazine rings is 1. The molecule has 1 saturated heterocycles. The SMILES string of the molecule is CC1C(=O)NC(=O)CN1c1nc(Cl)nc2sccc12. The van der Waals surface area contributed by atoms with Gasteiger partial charge in [0.05, 0.1) is 11.9 Å². The fraction of sp³-hybridized carbons (Fsp3) is 0.273. The Morgan fingerprint density at radius 2 is 2.26 bits per heavy atom. The van der Waals surface area contributed by atoms with Crippen molar-refractivity contribution in [2.45, 2.75) is 13.0 Å². The molecule has 1 unspecified atom stereocenters. The summed E-state index contributed by atoms with van der Waals surface area (Å²) in [7, 11) is 0. The van der Waals surface area contributed by atoms with Crippen molar-refractivity contribution in [3.05, 3.63) is 16.7 Å². The smallest absolute Gasteiger partial charge is 0.249 e. The zero-order chi connectivity index (χ0) is 13.6. The van der Waals surface area contributed by atoms with E-state index in [0.29, 0.717) is 5.82 Å². The number of hydrogen-bond donors (Lipinski definition) is 1. The molecular weight excluding hydrogens is 288 g/mol. The van der Waals surface area contributed by atoms with Gasteiger partial charge >= 0.3 is 0 Å². The molecule has 1 aliphatic rings. The second-order valence-electron chi connectivity index (χ2n) is 4.17. The molecule has 0 aromatic carbocycles. The Morgan fingerprint density at radius 1 is 1.47 bits per heavy atom. The van der Waals surface area contributed by atoms with Crippen LogP contribution in [-0.4, -0.2) is 34.4 Å². The first-order valence-electron chi connectivity index (χ1n) is 5.57. The quantitative estimate of drug-likeness (QED) is 0.632. The average Bonchev–Trinajstić information content (AvgIpc) is 2.80. The number of anilines is 1. The highest BCUT2D eigenvalue weighted by Crippen LogP contribution is 2.30.